The molecule has 0 aliphatic heterocycles. The Balaban J connectivity index is 1.76. The molecule has 0 saturated carbocycles. The molecular weight excluding hydrogens is 350 g/mol. The highest BCUT2D eigenvalue weighted by molar-refractivity contribution is 7.90. The SMILES string of the molecule is Cc1cnc(C(=O)Nc2cccc(CS(=O)(=O)c3ccccc3)c2)cn1. The molecule has 1 N–H and O–H groups in total. The topological polar surface area (TPSA) is 89.0 Å². The predicted octanol–water partition coefficient (Wildman–Crippen LogP) is 3.01. The number of aryl methyl sites for hydroxylation is 1. The lowest BCUT2D eigenvalue weighted by Crippen LogP contribution is -2.14. The number of carbonyl (C=O) groups is 1. The van der Waals surface area contributed by atoms with Gasteiger partial charge in [-0.1, -0.05) is 30.3 Å². The third kappa shape index (κ3) is 4.31. The number of hydrogen-bond acceptors (Lipinski definition) is 5. The highest BCUT2D eigenvalue weighted by Crippen LogP contribution is 2.19. The number of nitrogens with zero attached hydrogens (tertiary/aromatic N) is 2. The number of aromatic nitrogens is 2. The Hall–Kier alpha value is -3.06. The van der Waals surface area contributed by atoms with E-state index in [2.05, 4.69) is 15.3 Å². The molecule has 7 heteroatoms. The van der Waals surface area contributed by atoms with Crippen molar-refractivity contribution in [3.63, 3.8) is 0 Å². The van der Waals surface area contributed by atoms with E-state index in [1.165, 1.54) is 12.4 Å². The summed E-state index contributed by atoms with van der Waals surface area (Å²) in [4.78, 5) is 20.5. The van der Waals surface area contributed by atoms with E-state index in [9.17, 15) is 13.2 Å². The van der Waals surface area contributed by atoms with E-state index in [1.807, 2.05) is 0 Å². The number of anilines is 1. The van der Waals surface area contributed by atoms with Crippen molar-refractivity contribution < 1.29 is 13.2 Å². The number of hydrogen-bond donors (Lipinski definition) is 1. The summed E-state index contributed by atoms with van der Waals surface area (Å²) in [5, 5.41) is 2.71. The summed E-state index contributed by atoms with van der Waals surface area (Å²) in [5.41, 5.74) is 1.99. The first-order chi connectivity index (χ1) is 12.4. The number of amides is 1. The number of nitrogens with one attached hydrogen (secondary N) is 1. The Kier molecular flexibility index (Phi) is 5.09. The molecule has 2 aromatic carbocycles. The van der Waals surface area contributed by atoms with Crippen molar-refractivity contribution >= 4 is 21.4 Å². The van der Waals surface area contributed by atoms with E-state index in [0.717, 1.165) is 5.69 Å². The summed E-state index contributed by atoms with van der Waals surface area (Å²) in [7, 11) is -3.45. The first kappa shape index (κ1) is 17.8. The smallest absolute Gasteiger partial charge is 0.275 e. The molecule has 0 saturated heterocycles. The van der Waals surface area contributed by atoms with Crippen molar-refractivity contribution in [3.8, 4) is 0 Å². The summed E-state index contributed by atoms with van der Waals surface area (Å²) in [6.45, 7) is 1.78. The molecule has 0 fully saturated rings. The molecule has 0 spiro atoms. The van der Waals surface area contributed by atoms with Gasteiger partial charge in [-0.15, -0.1) is 0 Å². The van der Waals surface area contributed by atoms with Gasteiger partial charge in [0.1, 0.15) is 5.69 Å². The summed E-state index contributed by atoms with van der Waals surface area (Å²) in [5.74, 6) is -0.550. The molecule has 132 valence electrons. The van der Waals surface area contributed by atoms with Crippen molar-refractivity contribution in [2.24, 2.45) is 0 Å². The van der Waals surface area contributed by atoms with Crippen molar-refractivity contribution in [1.82, 2.24) is 9.97 Å². The molecule has 0 aliphatic carbocycles. The summed E-state index contributed by atoms with van der Waals surface area (Å²) in [6, 6.07) is 15.0. The summed E-state index contributed by atoms with van der Waals surface area (Å²) < 4.78 is 25.0. The van der Waals surface area contributed by atoms with Gasteiger partial charge in [0.2, 0.25) is 0 Å². The fraction of sp³-hybridized carbons (Fsp3) is 0.105. The Morgan fingerprint density at radius 1 is 1.00 bits per heavy atom. The maximum atomic E-state index is 12.5. The minimum atomic E-state index is -3.45. The monoisotopic (exact) mass is 367 g/mol. The third-order valence-corrected chi connectivity index (χ3v) is 5.36. The van der Waals surface area contributed by atoms with Gasteiger partial charge in [0.15, 0.2) is 9.84 Å². The van der Waals surface area contributed by atoms with Crippen LogP contribution in [0.25, 0.3) is 0 Å². The van der Waals surface area contributed by atoms with E-state index >= 15 is 0 Å². The molecule has 0 atom stereocenters. The maximum Gasteiger partial charge on any atom is 0.275 e. The molecule has 3 aromatic rings. The van der Waals surface area contributed by atoms with Crippen LogP contribution in [0.1, 0.15) is 21.7 Å². The van der Waals surface area contributed by atoms with Crippen LogP contribution in [0.4, 0.5) is 5.69 Å². The first-order valence-corrected chi connectivity index (χ1v) is 9.56. The lowest BCUT2D eigenvalue weighted by molar-refractivity contribution is 0.102. The quantitative estimate of drug-likeness (QED) is 0.749. The van der Waals surface area contributed by atoms with Gasteiger partial charge >= 0.3 is 0 Å². The van der Waals surface area contributed by atoms with E-state index in [1.54, 1.807) is 61.5 Å². The molecule has 1 amide bonds. The van der Waals surface area contributed by atoms with Crippen molar-refractivity contribution in [2.45, 2.75) is 17.6 Å². The average Bonchev–Trinajstić information content (AvgIpc) is 2.63. The Bertz CT molecular complexity index is 1020. The highest BCUT2D eigenvalue weighted by Gasteiger charge is 2.15. The summed E-state index contributed by atoms with van der Waals surface area (Å²) in [6.07, 6.45) is 2.91. The molecule has 0 radical (unpaired) electrons. The van der Waals surface area contributed by atoms with Gasteiger partial charge in [0.05, 0.1) is 22.5 Å². The highest BCUT2D eigenvalue weighted by atomic mass is 32.2. The molecule has 3 rings (SSSR count). The van der Waals surface area contributed by atoms with Crippen LogP contribution in [0.3, 0.4) is 0 Å². The van der Waals surface area contributed by atoms with E-state index in [-0.39, 0.29) is 16.3 Å². The fourth-order valence-electron chi connectivity index (χ4n) is 2.37. The van der Waals surface area contributed by atoms with E-state index < -0.39 is 15.7 Å². The zero-order chi connectivity index (χ0) is 18.6. The van der Waals surface area contributed by atoms with Crippen LogP contribution in [0.15, 0.2) is 71.9 Å². The molecule has 6 nitrogen and oxygen atoms in total. The molecule has 26 heavy (non-hydrogen) atoms. The molecule has 0 aliphatic rings. The van der Waals surface area contributed by atoms with Gasteiger partial charge in [0, 0.05) is 11.9 Å². The van der Waals surface area contributed by atoms with Gasteiger partial charge in [-0.25, -0.2) is 13.4 Å². The minimum Gasteiger partial charge on any atom is -0.321 e. The predicted molar refractivity (Wildman–Crippen MR) is 98.5 cm³/mol. The van der Waals surface area contributed by atoms with Crippen LogP contribution >= 0.6 is 0 Å². The van der Waals surface area contributed by atoms with Gasteiger partial charge in [-0.2, -0.15) is 0 Å². The Labute approximate surface area is 151 Å². The molecule has 1 aromatic heterocycles. The van der Waals surface area contributed by atoms with Gasteiger partial charge in [-0.3, -0.25) is 9.78 Å². The maximum absolute atomic E-state index is 12.5. The molecule has 0 unspecified atom stereocenters. The van der Waals surface area contributed by atoms with Crippen LogP contribution in [0.2, 0.25) is 0 Å². The Morgan fingerprint density at radius 3 is 2.46 bits per heavy atom. The second kappa shape index (κ2) is 7.45. The molecular formula is C19H17N3O3S. The standard InChI is InChI=1S/C19H17N3O3S/c1-14-11-21-18(12-20-14)19(23)22-16-7-5-6-15(10-16)13-26(24,25)17-8-3-2-4-9-17/h2-12H,13H2,1H3,(H,22,23). The fourth-order valence-corrected chi connectivity index (χ4v) is 3.73. The lowest BCUT2D eigenvalue weighted by atomic mass is 10.2. The second-order valence-electron chi connectivity index (χ2n) is 5.77. The number of sulfone groups is 1. The van der Waals surface area contributed by atoms with Crippen LogP contribution in [0.5, 0.6) is 0 Å². The van der Waals surface area contributed by atoms with Crippen LogP contribution in [0, 0.1) is 6.92 Å². The summed E-state index contributed by atoms with van der Waals surface area (Å²) >= 11 is 0. The number of carbonyl (C=O) groups excluding carboxylic acids is 1. The average molecular weight is 367 g/mol. The van der Waals surface area contributed by atoms with Crippen molar-refractivity contribution in [2.75, 3.05) is 5.32 Å². The molecule has 0 bridgehead atoms. The van der Waals surface area contributed by atoms with E-state index in [4.69, 9.17) is 0 Å². The lowest BCUT2D eigenvalue weighted by Gasteiger charge is -2.08. The normalized spacial score (nSPS) is 11.1. The number of rotatable bonds is 5. The van der Waals surface area contributed by atoms with Crippen LogP contribution in [-0.4, -0.2) is 24.3 Å². The third-order valence-electron chi connectivity index (χ3n) is 3.66. The Morgan fingerprint density at radius 2 is 1.77 bits per heavy atom. The van der Waals surface area contributed by atoms with Crippen LogP contribution in [-0.2, 0) is 15.6 Å². The zero-order valence-electron chi connectivity index (χ0n) is 14.1. The van der Waals surface area contributed by atoms with Gasteiger partial charge in [-0.05, 0) is 36.8 Å². The zero-order valence-corrected chi connectivity index (χ0v) is 14.9. The van der Waals surface area contributed by atoms with Gasteiger partial charge in [0.25, 0.3) is 5.91 Å². The van der Waals surface area contributed by atoms with Crippen molar-refractivity contribution in [3.05, 3.63) is 83.9 Å². The van der Waals surface area contributed by atoms with E-state index in [0.29, 0.717) is 11.3 Å². The second-order valence-corrected chi connectivity index (χ2v) is 7.76. The molecule has 1 heterocycles. The largest absolute Gasteiger partial charge is 0.321 e. The first-order valence-electron chi connectivity index (χ1n) is 7.91. The van der Waals surface area contributed by atoms with Crippen LogP contribution < -0.4 is 5.32 Å². The number of benzene rings is 2. The van der Waals surface area contributed by atoms with Gasteiger partial charge < -0.3 is 5.32 Å². The van der Waals surface area contributed by atoms with Crippen molar-refractivity contribution in [1.29, 1.82) is 0 Å². The minimum absolute atomic E-state index is 0.148.